The Kier molecular flexibility index (Phi) is 5.91. The molecule has 0 aliphatic heterocycles. The molecule has 0 bridgehead atoms. The average Bonchev–Trinajstić information content (AvgIpc) is 2.37. The third-order valence-corrected chi connectivity index (χ3v) is 3.92. The predicted octanol–water partition coefficient (Wildman–Crippen LogP) is 2.43. The summed E-state index contributed by atoms with van der Waals surface area (Å²) in [5, 5.41) is 3.87. The molecule has 0 aliphatic carbocycles. The second kappa shape index (κ2) is 6.96. The SMILES string of the molecule is CNc1cc(N(C)C(C)CSC)nc(SC)n1. The van der Waals surface area contributed by atoms with Gasteiger partial charge in [-0.3, -0.25) is 0 Å². The molecule has 1 atom stereocenters. The number of rotatable bonds is 6. The highest BCUT2D eigenvalue weighted by Crippen LogP contribution is 2.21. The molecule has 0 fully saturated rings. The fourth-order valence-corrected chi connectivity index (χ4v) is 2.47. The Morgan fingerprint density at radius 2 is 2.12 bits per heavy atom. The van der Waals surface area contributed by atoms with Gasteiger partial charge < -0.3 is 10.2 Å². The van der Waals surface area contributed by atoms with Gasteiger partial charge in [0.15, 0.2) is 5.16 Å². The zero-order valence-electron chi connectivity index (χ0n) is 11.0. The van der Waals surface area contributed by atoms with Gasteiger partial charge in [-0.1, -0.05) is 11.8 Å². The first-order valence-corrected chi connectivity index (χ1v) is 8.06. The van der Waals surface area contributed by atoms with Crippen molar-refractivity contribution in [3.63, 3.8) is 0 Å². The van der Waals surface area contributed by atoms with E-state index in [4.69, 9.17) is 0 Å². The van der Waals surface area contributed by atoms with Crippen LogP contribution in [0.3, 0.4) is 0 Å². The van der Waals surface area contributed by atoms with Crippen LogP contribution >= 0.6 is 23.5 Å². The summed E-state index contributed by atoms with van der Waals surface area (Å²) >= 11 is 3.41. The largest absolute Gasteiger partial charge is 0.373 e. The number of aromatic nitrogens is 2. The van der Waals surface area contributed by atoms with Crippen LogP contribution in [0.2, 0.25) is 0 Å². The van der Waals surface area contributed by atoms with Crippen molar-refractivity contribution < 1.29 is 0 Å². The Bertz CT molecular complexity index is 337. The molecule has 4 nitrogen and oxygen atoms in total. The smallest absolute Gasteiger partial charge is 0.191 e. The highest BCUT2D eigenvalue weighted by molar-refractivity contribution is 7.98. The van der Waals surface area contributed by atoms with Gasteiger partial charge in [-0.2, -0.15) is 11.8 Å². The second-order valence-corrected chi connectivity index (χ2v) is 5.45. The fourth-order valence-electron chi connectivity index (χ4n) is 1.39. The first kappa shape index (κ1) is 14.4. The molecule has 1 aromatic heterocycles. The van der Waals surface area contributed by atoms with Gasteiger partial charge in [-0.05, 0) is 19.4 Å². The van der Waals surface area contributed by atoms with Gasteiger partial charge in [-0.25, -0.2) is 9.97 Å². The standard InChI is InChI=1S/C11H20N4S2/c1-8(7-16-4)15(3)10-6-9(12-2)13-11(14-10)17-5/h6,8H,7H2,1-5H3,(H,12,13,14). The van der Waals surface area contributed by atoms with E-state index in [0.29, 0.717) is 6.04 Å². The Morgan fingerprint density at radius 3 is 2.65 bits per heavy atom. The zero-order chi connectivity index (χ0) is 12.8. The summed E-state index contributed by atoms with van der Waals surface area (Å²) in [7, 11) is 3.95. The van der Waals surface area contributed by atoms with Gasteiger partial charge in [-0.15, -0.1) is 0 Å². The third-order valence-electron chi connectivity index (χ3n) is 2.56. The maximum atomic E-state index is 4.53. The monoisotopic (exact) mass is 272 g/mol. The molecule has 1 unspecified atom stereocenters. The molecule has 0 aliphatic rings. The van der Waals surface area contributed by atoms with E-state index in [1.807, 2.05) is 31.1 Å². The van der Waals surface area contributed by atoms with Crippen molar-refractivity contribution in [3.05, 3.63) is 6.07 Å². The summed E-state index contributed by atoms with van der Waals surface area (Å²) in [5.74, 6) is 2.92. The van der Waals surface area contributed by atoms with Gasteiger partial charge in [0.1, 0.15) is 11.6 Å². The normalized spacial score (nSPS) is 12.3. The molecular formula is C11H20N4S2. The topological polar surface area (TPSA) is 41.0 Å². The van der Waals surface area contributed by atoms with Gasteiger partial charge in [0, 0.05) is 32.0 Å². The molecule has 0 radical (unpaired) electrons. The van der Waals surface area contributed by atoms with Crippen LogP contribution in [0.15, 0.2) is 11.2 Å². The van der Waals surface area contributed by atoms with E-state index in [2.05, 4.69) is 40.4 Å². The second-order valence-electron chi connectivity index (χ2n) is 3.76. The van der Waals surface area contributed by atoms with E-state index >= 15 is 0 Å². The first-order valence-electron chi connectivity index (χ1n) is 5.45. The van der Waals surface area contributed by atoms with Crippen LogP contribution in [0, 0.1) is 0 Å². The minimum atomic E-state index is 0.458. The summed E-state index contributed by atoms with van der Waals surface area (Å²) in [4.78, 5) is 11.1. The molecule has 17 heavy (non-hydrogen) atoms. The Labute approximate surface area is 112 Å². The van der Waals surface area contributed by atoms with Crippen molar-refractivity contribution in [3.8, 4) is 0 Å². The van der Waals surface area contributed by atoms with Gasteiger partial charge in [0.05, 0.1) is 0 Å². The van der Waals surface area contributed by atoms with Crippen molar-refractivity contribution >= 4 is 35.2 Å². The quantitative estimate of drug-likeness (QED) is 0.633. The summed E-state index contributed by atoms with van der Waals surface area (Å²) in [6, 6.07) is 2.44. The van der Waals surface area contributed by atoms with Crippen LogP contribution in [0.1, 0.15) is 6.92 Å². The van der Waals surface area contributed by atoms with Crippen LogP contribution in [-0.2, 0) is 0 Å². The highest BCUT2D eigenvalue weighted by atomic mass is 32.2. The van der Waals surface area contributed by atoms with Crippen LogP contribution in [0.5, 0.6) is 0 Å². The fraction of sp³-hybridized carbons (Fsp3) is 0.636. The molecule has 0 aromatic carbocycles. The predicted molar refractivity (Wildman–Crippen MR) is 79.6 cm³/mol. The van der Waals surface area contributed by atoms with Crippen molar-refractivity contribution in [2.24, 2.45) is 0 Å². The summed E-state index contributed by atoms with van der Waals surface area (Å²) in [5.41, 5.74) is 0. The molecule has 1 rings (SSSR count). The third kappa shape index (κ3) is 3.96. The Morgan fingerprint density at radius 1 is 1.41 bits per heavy atom. The molecule has 6 heteroatoms. The Hall–Kier alpha value is -0.620. The summed E-state index contributed by atoms with van der Waals surface area (Å²) in [6.45, 7) is 2.20. The van der Waals surface area contributed by atoms with E-state index in [1.54, 1.807) is 11.8 Å². The van der Waals surface area contributed by atoms with Gasteiger partial charge in [0.25, 0.3) is 0 Å². The highest BCUT2D eigenvalue weighted by Gasteiger charge is 2.13. The minimum absolute atomic E-state index is 0.458. The number of nitrogens with zero attached hydrogens (tertiary/aromatic N) is 3. The lowest BCUT2D eigenvalue weighted by molar-refractivity contribution is 0.743. The van der Waals surface area contributed by atoms with Gasteiger partial charge >= 0.3 is 0 Å². The molecule has 96 valence electrons. The maximum Gasteiger partial charge on any atom is 0.191 e. The number of anilines is 2. The average molecular weight is 272 g/mol. The summed E-state index contributed by atoms with van der Waals surface area (Å²) in [6.07, 6.45) is 4.11. The lowest BCUT2D eigenvalue weighted by Crippen LogP contribution is -2.31. The lowest BCUT2D eigenvalue weighted by Gasteiger charge is -2.25. The Balaban J connectivity index is 2.95. The molecule has 0 saturated carbocycles. The van der Waals surface area contributed by atoms with E-state index in [9.17, 15) is 0 Å². The number of hydrogen-bond donors (Lipinski definition) is 1. The van der Waals surface area contributed by atoms with Crippen LogP contribution in [0.25, 0.3) is 0 Å². The van der Waals surface area contributed by atoms with Crippen LogP contribution in [-0.4, -0.2) is 48.4 Å². The molecule has 0 amide bonds. The zero-order valence-corrected chi connectivity index (χ0v) is 12.7. The molecule has 1 heterocycles. The molecule has 1 N–H and O–H groups in total. The summed E-state index contributed by atoms with van der Waals surface area (Å²) < 4.78 is 0. The number of hydrogen-bond acceptors (Lipinski definition) is 6. The van der Waals surface area contributed by atoms with Crippen molar-refractivity contribution in [2.45, 2.75) is 18.1 Å². The minimum Gasteiger partial charge on any atom is -0.373 e. The van der Waals surface area contributed by atoms with Crippen LogP contribution < -0.4 is 10.2 Å². The van der Waals surface area contributed by atoms with Crippen molar-refractivity contribution in [1.82, 2.24) is 9.97 Å². The lowest BCUT2D eigenvalue weighted by atomic mass is 10.3. The van der Waals surface area contributed by atoms with E-state index in [-0.39, 0.29) is 0 Å². The molecular weight excluding hydrogens is 252 g/mol. The number of thioether (sulfide) groups is 2. The van der Waals surface area contributed by atoms with Gasteiger partial charge in [0.2, 0.25) is 0 Å². The van der Waals surface area contributed by atoms with Crippen LogP contribution in [0.4, 0.5) is 11.6 Å². The molecule has 0 spiro atoms. The van der Waals surface area contributed by atoms with Crippen molar-refractivity contribution in [1.29, 1.82) is 0 Å². The number of nitrogens with one attached hydrogen (secondary N) is 1. The molecule has 0 saturated heterocycles. The first-order chi connectivity index (χ1) is 8.12. The van der Waals surface area contributed by atoms with E-state index in [0.717, 1.165) is 22.5 Å². The maximum absolute atomic E-state index is 4.53. The van der Waals surface area contributed by atoms with Crippen molar-refractivity contribution in [2.75, 3.05) is 42.6 Å². The van der Waals surface area contributed by atoms with E-state index < -0.39 is 0 Å². The molecule has 1 aromatic rings. The van der Waals surface area contributed by atoms with E-state index in [1.165, 1.54) is 0 Å².